The molecular weight excluding hydrogens is 474 g/mol. The number of nitrogens with one attached hydrogen (secondary N) is 1. The SMILES string of the molecule is O=C1C(N2C(=O)OC[C@H]2c2ccccc2)=C(c2ccccc2)NC(c2ccccc2)N1Cc1ccccc1. The zero-order valence-corrected chi connectivity index (χ0v) is 20.7. The van der Waals surface area contributed by atoms with Gasteiger partial charge in [0.25, 0.3) is 5.91 Å². The van der Waals surface area contributed by atoms with Crippen LogP contribution >= 0.6 is 0 Å². The Hall–Kier alpha value is -4.84. The number of hydrogen-bond acceptors (Lipinski definition) is 4. The third-order valence-electron chi connectivity index (χ3n) is 6.96. The topological polar surface area (TPSA) is 61.9 Å². The quantitative estimate of drug-likeness (QED) is 0.358. The summed E-state index contributed by atoms with van der Waals surface area (Å²) in [6, 6.07) is 38.7. The molecule has 0 radical (unpaired) electrons. The smallest absolute Gasteiger partial charge is 0.415 e. The molecule has 1 unspecified atom stereocenters. The van der Waals surface area contributed by atoms with Crippen molar-refractivity contribution in [3.05, 3.63) is 149 Å². The summed E-state index contributed by atoms with van der Waals surface area (Å²) in [6.07, 6.45) is -0.966. The van der Waals surface area contributed by atoms with Gasteiger partial charge in [-0.25, -0.2) is 4.79 Å². The van der Waals surface area contributed by atoms with Gasteiger partial charge in [0, 0.05) is 12.1 Å². The molecule has 0 aliphatic carbocycles. The predicted octanol–water partition coefficient (Wildman–Crippen LogP) is 5.88. The molecule has 1 N–H and O–H groups in total. The summed E-state index contributed by atoms with van der Waals surface area (Å²) in [5.41, 5.74) is 4.57. The van der Waals surface area contributed by atoms with E-state index in [0.717, 1.165) is 22.3 Å². The monoisotopic (exact) mass is 501 g/mol. The molecule has 0 bridgehead atoms. The van der Waals surface area contributed by atoms with Gasteiger partial charge in [-0.05, 0) is 16.7 Å². The molecule has 0 spiro atoms. The maximum absolute atomic E-state index is 14.6. The van der Waals surface area contributed by atoms with Crippen molar-refractivity contribution in [1.82, 2.24) is 15.1 Å². The first-order valence-electron chi connectivity index (χ1n) is 12.7. The highest BCUT2D eigenvalue weighted by molar-refractivity contribution is 6.05. The van der Waals surface area contributed by atoms with Crippen LogP contribution in [0.5, 0.6) is 0 Å². The molecule has 38 heavy (non-hydrogen) atoms. The third kappa shape index (κ3) is 4.41. The Morgan fingerprint density at radius 2 is 1.26 bits per heavy atom. The van der Waals surface area contributed by atoms with Crippen LogP contribution in [0.3, 0.4) is 0 Å². The summed E-state index contributed by atoms with van der Waals surface area (Å²) in [5, 5.41) is 3.64. The van der Waals surface area contributed by atoms with E-state index in [0.29, 0.717) is 12.2 Å². The van der Waals surface area contributed by atoms with Crippen molar-refractivity contribution in [2.24, 2.45) is 0 Å². The second-order valence-electron chi connectivity index (χ2n) is 9.34. The predicted molar refractivity (Wildman–Crippen MR) is 145 cm³/mol. The molecule has 1 saturated heterocycles. The molecule has 0 saturated carbocycles. The van der Waals surface area contributed by atoms with Crippen LogP contribution in [0.4, 0.5) is 4.79 Å². The highest BCUT2D eigenvalue weighted by Gasteiger charge is 2.45. The third-order valence-corrected chi connectivity index (χ3v) is 6.96. The molecule has 2 atom stereocenters. The standard InChI is InChI=1S/C32H27N3O3/c36-31-29(35-27(22-38-32(35)37)24-15-7-2-8-16-24)28(25-17-9-3-10-18-25)33-30(26-19-11-4-12-20-26)34(31)21-23-13-5-1-6-14-23/h1-20,27,30,33H,21-22H2/t27-,30?/m0/s1. The number of ether oxygens (including phenoxy) is 1. The number of rotatable bonds is 6. The van der Waals surface area contributed by atoms with Crippen LogP contribution < -0.4 is 5.32 Å². The van der Waals surface area contributed by atoms with E-state index in [1.807, 2.05) is 121 Å². The van der Waals surface area contributed by atoms with Gasteiger partial charge in [-0.3, -0.25) is 9.69 Å². The van der Waals surface area contributed by atoms with Crippen molar-refractivity contribution < 1.29 is 14.3 Å². The molecule has 0 aromatic heterocycles. The fourth-order valence-electron chi connectivity index (χ4n) is 5.12. The van der Waals surface area contributed by atoms with Gasteiger partial charge in [0.15, 0.2) is 0 Å². The van der Waals surface area contributed by atoms with E-state index in [9.17, 15) is 9.59 Å². The zero-order valence-electron chi connectivity index (χ0n) is 20.7. The summed E-state index contributed by atoms with van der Waals surface area (Å²) < 4.78 is 5.54. The Morgan fingerprint density at radius 1 is 0.711 bits per heavy atom. The maximum Gasteiger partial charge on any atom is 0.415 e. The van der Waals surface area contributed by atoms with E-state index < -0.39 is 18.3 Å². The minimum atomic E-state index is -0.532. The highest BCUT2D eigenvalue weighted by atomic mass is 16.6. The number of benzene rings is 4. The summed E-state index contributed by atoms with van der Waals surface area (Å²) in [5.74, 6) is -0.236. The Balaban J connectivity index is 1.53. The van der Waals surface area contributed by atoms with E-state index in [2.05, 4.69) is 5.32 Å². The van der Waals surface area contributed by atoms with Gasteiger partial charge in [-0.2, -0.15) is 0 Å². The number of carbonyl (C=O) groups excluding carboxylic acids is 2. The van der Waals surface area contributed by atoms with Crippen LogP contribution in [0, 0.1) is 0 Å². The molecule has 6 heteroatoms. The van der Waals surface area contributed by atoms with E-state index in [-0.39, 0.29) is 18.2 Å². The average Bonchev–Trinajstić information content (AvgIpc) is 3.36. The number of cyclic esters (lactones) is 1. The van der Waals surface area contributed by atoms with Crippen molar-refractivity contribution in [3.63, 3.8) is 0 Å². The molecule has 2 amide bonds. The van der Waals surface area contributed by atoms with Gasteiger partial charge in [-0.1, -0.05) is 121 Å². The fraction of sp³-hybridized carbons (Fsp3) is 0.125. The van der Waals surface area contributed by atoms with Crippen LogP contribution in [0.1, 0.15) is 34.5 Å². The van der Waals surface area contributed by atoms with Crippen molar-refractivity contribution in [2.45, 2.75) is 18.8 Å². The normalized spacial score (nSPS) is 19.4. The average molecular weight is 502 g/mol. The van der Waals surface area contributed by atoms with Crippen LogP contribution in [-0.4, -0.2) is 28.4 Å². The van der Waals surface area contributed by atoms with E-state index in [1.165, 1.54) is 4.90 Å². The van der Waals surface area contributed by atoms with Gasteiger partial charge >= 0.3 is 6.09 Å². The Morgan fingerprint density at radius 3 is 1.89 bits per heavy atom. The molecule has 1 fully saturated rings. The van der Waals surface area contributed by atoms with Gasteiger partial charge < -0.3 is 15.0 Å². The number of hydrogen-bond donors (Lipinski definition) is 1. The van der Waals surface area contributed by atoms with E-state index >= 15 is 0 Å². The summed E-state index contributed by atoms with van der Waals surface area (Å²) >= 11 is 0. The van der Waals surface area contributed by atoms with E-state index in [1.54, 1.807) is 4.90 Å². The summed E-state index contributed by atoms with van der Waals surface area (Å²) in [7, 11) is 0. The summed E-state index contributed by atoms with van der Waals surface area (Å²) in [4.78, 5) is 31.2. The van der Waals surface area contributed by atoms with Crippen molar-refractivity contribution in [3.8, 4) is 0 Å². The first-order valence-corrected chi connectivity index (χ1v) is 12.7. The van der Waals surface area contributed by atoms with Crippen molar-refractivity contribution in [2.75, 3.05) is 6.61 Å². The number of carbonyl (C=O) groups is 2. The minimum absolute atomic E-state index is 0.169. The zero-order chi connectivity index (χ0) is 25.9. The Labute approximate surface area is 221 Å². The fourth-order valence-corrected chi connectivity index (χ4v) is 5.12. The molecule has 4 aromatic rings. The number of amides is 2. The molecule has 4 aromatic carbocycles. The van der Waals surface area contributed by atoms with E-state index in [4.69, 9.17) is 4.74 Å². The Bertz CT molecular complexity index is 1460. The molecule has 2 aliphatic heterocycles. The van der Waals surface area contributed by atoms with Crippen LogP contribution in [0.25, 0.3) is 5.70 Å². The second kappa shape index (κ2) is 10.3. The largest absolute Gasteiger partial charge is 0.447 e. The van der Waals surface area contributed by atoms with Crippen LogP contribution in [-0.2, 0) is 16.1 Å². The first-order chi connectivity index (χ1) is 18.7. The van der Waals surface area contributed by atoms with Gasteiger partial charge in [0.2, 0.25) is 0 Å². The summed E-state index contributed by atoms with van der Waals surface area (Å²) in [6.45, 7) is 0.541. The number of nitrogens with zero attached hydrogens (tertiary/aromatic N) is 2. The lowest BCUT2D eigenvalue weighted by Crippen LogP contribution is -2.50. The van der Waals surface area contributed by atoms with Crippen LogP contribution in [0.2, 0.25) is 0 Å². The molecule has 2 aliphatic rings. The van der Waals surface area contributed by atoms with Gasteiger partial charge in [0.05, 0.1) is 11.7 Å². The maximum atomic E-state index is 14.6. The van der Waals surface area contributed by atoms with Gasteiger partial charge in [0.1, 0.15) is 18.5 Å². The first kappa shape index (κ1) is 23.6. The van der Waals surface area contributed by atoms with Gasteiger partial charge in [-0.15, -0.1) is 0 Å². The molecule has 6 nitrogen and oxygen atoms in total. The highest BCUT2D eigenvalue weighted by Crippen LogP contribution is 2.39. The van der Waals surface area contributed by atoms with Crippen molar-refractivity contribution in [1.29, 1.82) is 0 Å². The molecule has 2 heterocycles. The lowest BCUT2D eigenvalue weighted by atomic mass is 9.99. The van der Waals surface area contributed by atoms with Crippen molar-refractivity contribution >= 4 is 17.7 Å². The lowest BCUT2D eigenvalue weighted by Gasteiger charge is -2.41. The minimum Gasteiger partial charge on any atom is -0.447 e. The second-order valence-corrected chi connectivity index (χ2v) is 9.34. The Kier molecular flexibility index (Phi) is 6.36. The molecule has 188 valence electrons. The molecular formula is C32H27N3O3. The van der Waals surface area contributed by atoms with Crippen LogP contribution in [0.15, 0.2) is 127 Å². The lowest BCUT2D eigenvalue weighted by molar-refractivity contribution is -0.133. The molecule has 6 rings (SSSR count).